The van der Waals surface area contributed by atoms with E-state index in [1.807, 2.05) is 48.5 Å². The molecule has 0 aliphatic heterocycles. The first-order valence-corrected chi connectivity index (χ1v) is 11.3. The van der Waals surface area contributed by atoms with E-state index >= 15 is 0 Å². The molecule has 0 unspecified atom stereocenters. The van der Waals surface area contributed by atoms with Gasteiger partial charge in [0.15, 0.2) is 5.16 Å². The molecule has 150 valence electrons. The van der Waals surface area contributed by atoms with Crippen LogP contribution in [0.25, 0.3) is 22.5 Å². The monoisotopic (exact) mass is 450 g/mol. The minimum Gasteiger partial charge on any atom is -0.315 e. The molecular formula is C25H20Cl2N2S. The maximum Gasteiger partial charge on any atom is 0.169 e. The maximum atomic E-state index is 6.19. The molecule has 0 aliphatic carbocycles. The fourth-order valence-electron chi connectivity index (χ4n) is 3.30. The van der Waals surface area contributed by atoms with Crippen molar-refractivity contribution in [1.29, 1.82) is 0 Å². The van der Waals surface area contributed by atoms with Crippen LogP contribution in [0.4, 0.5) is 0 Å². The molecule has 0 aliphatic rings. The molecular weight excluding hydrogens is 431 g/mol. The van der Waals surface area contributed by atoms with Gasteiger partial charge in [0.25, 0.3) is 0 Å². The van der Waals surface area contributed by atoms with Gasteiger partial charge in [0.05, 0.1) is 21.4 Å². The summed E-state index contributed by atoms with van der Waals surface area (Å²) in [6.45, 7) is 4.64. The Morgan fingerprint density at radius 3 is 2.17 bits per heavy atom. The van der Waals surface area contributed by atoms with Gasteiger partial charge in [-0.2, -0.15) is 0 Å². The van der Waals surface area contributed by atoms with Gasteiger partial charge in [0.1, 0.15) is 0 Å². The highest BCUT2D eigenvalue weighted by atomic mass is 35.5. The summed E-state index contributed by atoms with van der Waals surface area (Å²) in [6, 6.07) is 26.4. The van der Waals surface area contributed by atoms with Crippen molar-refractivity contribution in [2.45, 2.75) is 17.5 Å². The van der Waals surface area contributed by atoms with Crippen molar-refractivity contribution in [3.63, 3.8) is 0 Å². The van der Waals surface area contributed by atoms with E-state index in [1.54, 1.807) is 11.8 Å². The lowest BCUT2D eigenvalue weighted by Gasteiger charge is -2.11. The highest BCUT2D eigenvalue weighted by molar-refractivity contribution is 7.98. The average Bonchev–Trinajstić information content (AvgIpc) is 3.14. The minimum atomic E-state index is 0.566. The second-order valence-corrected chi connectivity index (χ2v) is 8.52. The highest BCUT2D eigenvalue weighted by Crippen LogP contribution is 2.37. The van der Waals surface area contributed by atoms with E-state index in [-0.39, 0.29) is 0 Å². The molecule has 0 atom stereocenters. The van der Waals surface area contributed by atoms with Crippen LogP contribution in [0.2, 0.25) is 10.0 Å². The predicted molar refractivity (Wildman–Crippen MR) is 129 cm³/mol. The normalized spacial score (nSPS) is 10.9. The van der Waals surface area contributed by atoms with E-state index in [2.05, 4.69) is 47.5 Å². The Hall–Kier alpha value is -2.46. The molecule has 2 nitrogen and oxygen atoms in total. The molecule has 0 N–H and O–H groups in total. The van der Waals surface area contributed by atoms with Gasteiger partial charge >= 0.3 is 0 Å². The van der Waals surface area contributed by atoms with Crippen molar-refractivity contribution in [1.82, 2.24) is 9.55 Å². The molecule has 0 amide bonds. The summed E-state index contributed by atoms with van der Waals surface area (Å²) in [6.07, 6.45) is 1.91. The van der Waals surface area contributed by atoms with Crippen molar-refractivity contribution in [3.05, 3.63) is 107 Å². The zero-order valence-corrected chi connectivity index (χ0v) is 18.6. The Bertz CT molecular complexity index is 1150. The summed E-state index contributed by atoms with van der Waals surface area (Å²) in [5.74, 6) is 0.744. The number of benzene rings is 3. The number of nitrogens with zero attached hydrogens (tertiary/aromatic N) is 2. The van der Waals surface area contributed by atoms with Crippen LogP contribution in [0.5, 0.6) is 0 Å². The van der Waals surface area contributed by atoms with Gasteiger partial charge in [-0.15, -0.1) is 6.58 Å². The molecule has 1 aromatic heterocycles. The van der Waals surface area contributed by atoms with E-state index in [0.717, 1.165) is 39.0 Å². The number of hydrogen-bond acceptors (Lipinski definition) is 2. The largest absolute Gasteiger partial charge is 0.315 e. The molecule has 4 rings (SSSR count). The lowest BCUT2D eigenvalue weighted by Crippen LogP contribution is -2.00. The smallest absolute Gasteiger partial charge is 0.169 e. The molecule has 0 saturated carbocycles. The Labute approximate surface area is 191 Å². The first kappa shape index (κ1) is 20.8. The number of aromatic nitrogens is 2. The van der Waals surface area contributed by atoms with Gasteiger partial charge in [-0.3, -0.25) is 0 Å². The Balaban J connectivity index is 1.79. The van der Waals surface area contributed by atoms with Gasteiger partial charge in [0.2, 0.25) is 0 Å². The summed E-state index contributed by atoms with van der Waals surface area (Å²) >= 11 is 13.9. The van der Waals surface area contributed by atoms with Gasteiger partial charge in [0, 0.05) is 23.4 Å². The van der Waals surface area contributed by atoms with Crippen molar-refractivity contribution < 1.29 is 0 Å². The van der Waals surface area contributed by atoms with Crippen LogP contribution in [0, 0.1) is 0 Å². The van der Waals surface area contributed by atoms with Gasteiger partial charge in [-0.1, -0.05) is 108 Å². The molecule has 4 aromatic rings. The zero-order chi connectivity index (χ0) is 20.9. The van der Waals surface area contributed by atoms with Gasteiger partial charge < -0.3 is 4.57 Å². The molecule has 30 heavy (non-hydrogen) atoms. The third-order valence-corrected chi connectivity index (χ3v) is 6.48. The lowest BCUT2D eigenvalue weighted by atomic mass is 10.0. The average molecular weight is 451 g/mol. The van der Waals surface area contributed by atoms with Crippen LogP contribution in [0.15, 0.2) is 96.7 Å². The Morgan fingerprint density at radius 1 is 0.867 bits per heavy atom. The topological polar surface area (TPSA) is 17.8 Å². The Kier molecular flexibility index (Phi) is 6.63. The highest BCUT2D eigenvalue weighted by Gasteiger charge is 2.19. The van der Waals surface area contributed by atoms with Crippen LogP contribution >= 0.6 is 35.0 Å². The van der Waals surface area contributed by atoms with E-state index in [0.29, 0.717) is 16.6 Å². The number of rotatable bonds is 7. The van der Waals surface area contributed by atoms with Crippen molar-refractivity contribution in [2.24, 2.45) is 0 Å². The van der Waals surface area contributed by atoms with Crippen molar-refractivity contribution >= 4 is 35.0 Å². The second kappa shape index (κ2) is 9.57. The summed E-state index contributed by atoms with van der Waals surface area (Å²) in [5.41, 5.74) is 5.39. The summed E-state index contributed by atoms with van der Waals surface area (Å²) in [5, 5.41) is 2.08. The van der Waals surface area contributed by atoms with Crippen LogP contribution in [-0.4, -0.2) is 9.55 Å². The third kappa shape index (κ3) is 4.49. The first-order valence-electron chi connectivity index (χ1n) is 9.56. The minimum absolute atomic E-state index is 0.566. The molecule has 5 heteroatoms. The number of hydrogen-bond donors (Lipinski definition) is 0. The summed E-state index contributed by atoms with van der Waals surface area (Å²) < 4.78 is 2.23. The van der Waals surface area contributed by atoms with Crippen LogP contribution < -0.4 is 0 Å². The van der Waals surface area contributed by atoms with Crippen LogP contribution in [0.1, 0.15) is 5.56 Å². The SMILES string of the molecule is C=CCn1c(SCc2ccc(Cl)c(Cl)c2)nc(-c2ccccc2)c1-c1ccccc1. The quantitative estimate of drug-likeness (QED) is 0.209. The van der Waals surface area contributed by atoms with E-state index in [4.69, 9.17) is 28.2 Å². The fourth-order valence-corrected chi connectivity index (χ4v) is 4.58. The van der Waals surface area contributed by atoms with E-state index in [9.17, 15) is 0 Å². The molecule has 0 spiro atoms. The molecule has 0 fully saturated rings. The molecule has 1 heterocycles. The number of imidazole rings is 1. The van der Waals surface area contributed by atoms with Crippen molar-refractivity contribution in [2.75, 3.05) is 0 Å². The molecule has 0 radical (unpaired) electrons. The second-order valence-electron chi connectivity index (χ2n) is 6.76. The van der Waals surface area contributed by atoms with Crippen molar-refractivity contribution in [3.8, 4) is 22.5 Å². The zero-order valence-electron chi connectivity index (χ0n) is 16.3. The van der Waals surface area contributed by atoms with Crippen LogP contribution in [-0.2, 0) is 12.3 Å². The van der Waals surface area contributed by atoms with E-state index in [1.165, 1.54) is 0 Å². The predicted octanol–water partition coefficient (Wildman–Crippen LogP) is 8.00. The lowest BCUT2D eigenvalue weighted by molar-refractivity contribution is 0.732. The number of thioether (sulfide) groups is 1. The standard InChI is InChI=1S/C25H20Cl2N2S/c1-2-15-29-24(20-11-7-4-8-12-20)23(19-9-5-3-6-10-19)28-25(29)30-17-18-13-14-21(26)22(27)16-18/h2-14,16H,1,15,17H2. The first-order chi connectivity index (χ1) is 14.7. The molecule has 0 bridgehead atoms. The Morgan fingerprint density at radius 2 is 1.53 bits per heavy atom. The fraction of sp³-hybridized carbons (Fsp3) is 0.0800. The van der Waals surface area contributed by atoms with Crippen LogP contribution in [0.3, 0.4) is 0 Å². The van der Waals surface area contributed by atoms with E-state index < -0.39 is 0 Å². The number of halogens is 2. The van der Waals surface area contributed by atoms with Gasteiger partial charge in [-0.25, -0.2) is 4.98 Å². The molecule has 3 aromatic carbocycles. The summed E-state index contributed by atoms with van der Waals surface area (Å²) in [4.78, 5) is 5.05. The molecule has 0 saturated heterocycles. The summed E-state index contributed by atoms with van der Waals surface area (Å²) in [7, 11) is 0. The maximum absolute atomic E-state index is 6.19. The van der Waals surface area contributed by atoms with Gasteiger partial charge in [-0.05, 0) is 17.7 Å². The number of allylic oxidation sites excluding steroid dienone is 1. The third-order valence-electron chi connectivity index (χ3n) is 4.69.